The van der Waals surface area contributed by atoms with Crippen LogP contribution in [0.4, 0.5) is 0 Å². The van der Waals surface area contributed by atoms with Crippen LogP contribution in [-0.4, -0.2) is 25.5 Å². The molecule has 0 unspecified atom stereocenters. The monoisotopic (exact) mass is 334 g/mol. The molecule has 5 nitrogen and oxygen atoms in total. The number of phenols is 5. The van der Waals surface area contributed by atoms with E-state index in [1.165, 1.54) is 24.3 Å². The Morgan fingerprint density at radius 2 is 0.920 bits per heavy atom. The van der Waals surface area contributed by atoms with Crippen molar-refractivity contribution in [3.8, 4) is 39.9 Å². The van der Waals surface area contributed by atoms with Crippen molar-refractivity contribution >= 4 is 11.6 Å². The highest BCUT2D eigenvalue weighted by molar-refractivity contribution is 6.07. The van der Waals surface area contributed by atoms with Gasteiger partial charge in [-0.1, -0.05) is 12.1 Å². The predicted octanol–water partition coefficient (Wildman–Crippen LogP) is 3.78. The van der Waals surface area contributed by atoms with Gasteiger partial charge in [-0.05, 0) is 75.9 Å². The molecule has 25 heavy (non-hydrogen) atoms. The lowest BCUT2D eigenvalue weighted by Gasteiger charge is -2.06. The first-order valence-electron chi connectivity index (χ1n) is 7.58. The van der Waals surface area contributed by atoms with Crippen LogP contribution in [0.1, 0.15) is 16.7 Å². The summed E-state index contributed by atoms with van der Waals surface area (Å²) in [6.07, 6.45) is 1.84. The minimum atomic E-state index is -0.261. The molecule has 0 heterocycles. The number of phenolic OH excluding ortho intramolecular Hbond substituents is 5. The minimum Gasteiger partial charge on any atom is -0.508 e. The van der Waals surface area contributed by atoms with Gasteiger partial charge in [0.25, 0.3) is 0 Å². The lowest BCUT2D eigenvalue weighted by molar-refractivity contribution is 0.403. The summed E-state index contributed by atoms with van der Waals surface area (Å²) in [5, 5.41) is 48.9. The molecule has 124 valence electrons. The average Bonchev–Trinajstić information content (AvgIpc) is 2.84. The van der Waals surface area contributed by atoms with Gasteiger partial charge in [0.05, 0.1) is 0 Å². The Kier molecular flexibility index (Phi) is 3.12. The first-order valence-corrected chi connectivity index (χ1v) is 7.58. The second kappa shape index (κ2) is 5.21. The molecule has 5 heteroatoms. The van der Waals surface area contributed by atoms with Crippen LogP contribution in [-0.2, 0) is 0 Å². The molecule has 0 saturated carbocycles. The third-order valence-corrected chi connectivity index (χ3v) is 4.30. The molecule has 0 saturated heterocycles. The van der Waals surface area contributed by atoms with Crippen molar-refractivity contribution in [2.75, 3.05) is 0 Å². The number of hydrogen-bond acceptors (Lipinski definition) is 5. The van der Waals surface area contributed by atoms with Crippen LogP contribution in [0.2, 0.25) is 0 Å². The summed E-state index contributed by atoms with van der Waals surface area (Å²) < 4.78 is 0. The Morgan fingerprint density at radius 1 is 0.520 bits per heavy atom. The van der Waals surface area contributed by atoms with Gasteiger partial charge in [-0.25, -0.2) is 0 Å². The van der Waals surface area contributed by atoms with Gasteiger partial charge in [0.1, 0.15) is 5.75 Å². The van der Waals surface area contributed by atoms with E-state index in [1.807, 2.05) is 6.08 Å². The van der Waals surface area contributed by atoms with E-state index in [0.717, 1.165) is 11.1 Å². The number of aromatic hydroxyl groups is 5. The smallest absolute Gasteiger partial charge is 0.158 e. The number of fused-ring (bicyclic) bond motifs is 3. The Hall–Kier alpha value is -3.60. The maximum absolute atomic E-state index is 9.88. The van der Waals surface area contributed by atoms with Crippen LogP contribution in [0.3, 0.4) is 0 Å². The van der Waals surface area contributed by atoms with Gasteiger partial charge in [-0.2, -0.15) is 0 Å². The number of rotatable bonds is 1. The molecular formula is C20H14O5. The maximum atomic E-state index is 9.88. The lowest BCUT2D eigenvalue weighted by Crippen LogP contribution is -1.83. The first-order chi connectivity index (χ1) is 11.9. The molecule has 4 rings (SSSR count). The highest BCUT2D eigenvalue weighted by atomic mass is 16.3. The van der Waals surface area contributed by atoms with E-state index in [2.05, 4.69) is 0 Å². The van der Waals surface area contributed by atoms with Gasteiger partial charge in [0.15, 0.2) is 23.0 Å². The van der Waals surface area contributed by atoms with Crippen LogP contribution >= 0.6 is 0 Å². The largest absolute Gasteiger partial charge is 0.508 e. The number of benzene rings is 3. The Bertz CT molecular complexity index is 973. The van der Waals surface area contributed by atoms with Gasteiger partial charge >= 0.3 is 0 Å². The Balaban J connectivity index is 2.01. The highest BCUT2D eigenvalue weighted by Crippen LogP contribution is 2.51. The summed E-state index contributed by atoms with van der Waals surface area (Å²) in [6.45, 7) is 0. The van der Waals surface area contributed by atoms with E-state index in [1.54, 1.807) is 24.3 Å². The Labute approximate surface area is 143 Å². The van der Waals surface area contributed by atoms with Crippen LogP contribution in [0.25, 0.3) is 22.8 Å². The third-order valence-electron chi connectivity index (χ3n) is 4.30. The molecule has 0 spiro atoms. The summed E-state index contributed by atoms with van der Waals surface area (Å²) in [7, 11) is 0. The van der Waals surface area contributed by atoms with E-state index in [9.17, 15) is 25.5 Å². The standard InChI is InChI=1S/C20H14O5/c21-11-3-1-10(2-4-11)5-12-13-6-17(22)19(24)8-15(13)16-9-20(25)18(23)7-14(12)16/h1-9,21-25H. The van der Waals surface area contributed by atoms with Gasteiger partial charge in [0, 0.05) is 0 Å². The molecular weight excluding hydrogens is 320 g/mol. The van der Waals surface area contributed by atoms with Gasteiger partial charge in [-0.15, -0.1) is 0 Å². The second-order valence-electron chi connectivity index (χ2n) is 5.92. The fourth-order valence-corrected chi connectivity index (χ4v) is 3.08. The fraction of sp³-hybridized carbons (Fsp3) is 0. The summed E-state index contributed by atoms with van der Waals surface area (Å²) in [6, 6.07) is 12.4. The quantitative estimate of drug-likeness (QED) is 0.341. The summed E-state index contributed by atoms with van der Waals surface area (Å²) >= 11 is 0. The van der Waals surface area contributed by atoms with Crippen molar-refractivity contribution in [1.29, 1.82) is 0 Å². The summed E-state index contributed by atoms with van der Waals surface area (Å²) in [5.74, 6) is -0.876. The van der Waals surface area contributed by atoms with Crippen LogP contribution < -0.4 is 0 Å². The maximum Gasteiger partial charge on any atom is 0.158 e. The average molecular weight is 334 g/mol. The topological polar surface area (TPSA) is 101 Å². The van der Waals surface area contributed by atoms with Crippen LogP contribution in [0.15, 0.2) is 48.5 Å². The normalized spacial score (nSPS) is 11.9. The molecule has 0 atom stereocenters. The molecule has 3 aromatic carbocycles. The van der Waals surface area contributed by atoms with E-state index in [-0.39, 0.29) is 28.7 Å². The summed E-state index contributed by atoms with van der Waals surface area (Å²) in [4.78, 5) is 0. The lowest BCUT2D eigenvalue weighted by atomic mass is 10.0. The van der Waals surface area contributed by atoms with Crippen molar-refractivity contribution in [1.82, 2.24) is 0 Å². The van der Waals surface area contributed by atoms with E-state index >= 15 is 0 Å². The van der Waals surface area contributed by atoms with Crippen LogP contribution in [0.5, 0.6) is 28.7 Å². The zero-order valence-electron chi connectivity index (χ0n) is 12.9. The molecule has 0 aromatic heterocycles. The van der Waals surface area contributed by atoms with Crippen molar-refractivity contribution < 1.29 is 25.5 Å². The molecule has 0 bridgehead atoms. The molecule has 1 aliphatic carbocycles. The third kappa shape index (κ3) is 2.33. The van der Waals surface area contributed by atoms with E-state index < -0.39 is 0 Å². The molecule has 0 radical (unpaired) electrons. The molecule has 3 aromatic rings. The van der Waals surface area contributed by atoms with Crippen molar-refractivity contribution in [3.05, 3.63) is 65.2 Å². The Morgan fingerprint density at radius 3 is 1.36 bits per heavy atom. The highest BCUT2D eigenvalue weighted by Gasteiger charge is 2.27. The number of hydrogen-bond donors (Lipinski definition) is 5. The van der Waals surface area contributed by atoms with Gasteiger partial charge in [0.2, 0.25) is 0 Å². The zero-order chi connectivity index (χ0) is 17.7. The molecule has 0 fully saturated rings. The zero-order valence-corrected chi connectivity index (χ0v) is 12.9. The second-order valence-corrected chi connectivity index (χ2v) is 5.92. The SMILES string of the molecule is Oc1ccc(C=C2c3cc(O)c(O)cc3-c3cc(O)c(O)cc32)cc1. The summed E-state index contributed by atoms with van der Waals surface area (Å²) in [5.41, 5.74) is 4.16. The predicted molar refractivity (Wildman–Crippen MR) is 93.6 cm³/mol. The van der Waals surface area contributed by atoms with E-state index in [4.69, 9.17) is 0 Å². The van der Waals surface area contributed by atoms with Crippen molar-refractivity contribution in [3.63, 3.8) is 0 Å². The molecule has 1 aliphatic rings. The van der Waals surface area contributed by atoms with Crippen LogP contribution in [0, 0.1) is 0 Å². The molecule has 5 N–H and O–H groups in total. The molecule has 0 aliphatic heterocycles. The minimum absolute atomic E-state index is 0.152. The molecule has 0 amide bonds. The fourth-order valence-electron chi connectivity index (χ4n) is 3.08. The first kappa shape index (κ1) is 15.0. The van der Waals surface area contributed by atoms with Crippen molar-refractivity contribution in [2.24, 2.45) is 0 Å². The van der Waals surface area contributed by atoms with Gasteiger partial charge < -0.3 is 25.5 Å². The van der Waals surface area contributed by atoms with E-state index in [0.29, 0.717) is 22.3 Å². The van der Waals surface area contributed by atoms with Gasteiger partial charge in [-0.3, -0.25) is 0 Å². The van der Waals surface area contributed by atoms with Crippen molar-refractivity contribution in [2.45, 2.75) is 0 Å².